The molecule has 0 radical (unpaired) electrons. The van der Waals surface area contributed by atoms with Crippen LogP contribution in [0.5, 0.6) is 5.75 Å². The Labute approximate surface area is 322 Å². The van der Waals surface area contributed by atoms with Gasteiger partial charge in [0.25, 0.3) is 11.8 Å². The minimum Gasteiger partial charge on any atom is -0.484 e. The number of urea groups is 1. The highest BCUT2D eigenvalue weighted by Gasteiger charge is 2.26. The minimum absolute atomic E-state index is 0.0650. The zero-order valence-electron chi connectivity index (χ0n) is 32.1. The molecule has 3 rings (SSSR count). The molecule has 54 heavy (non-hydrogen) atoms. The maximum Gasteiger partial charge on any atom is 0.335 e. The standard InChI is InChI=1S/C40H54N6O7S/c1-7-41-35(47)26-52-32-17-14-29(15-18-32)19-21-43-39(51)46-44-25-31(24-36(48)53-40(4,5)6)45-38(50)33(34-12-10-22-54-34)11-8-9-20-42-37(49)30-16-13-27(2)28(3)23-30/h10,12-18,22-23,25,31,33H,7-9,11,19-21,24,26H2,1-6H3,(H,41,47)(H,42,49)(H,45,50)(H2,43,46,51)/b44-25+/t31-,33?/m0/s1. The molecule has 0 aliphatic heterocycles. The van der Waals surface area contributed by atoms with E-state index in [1.807, 2.05) is 68.6 Å². The molecule has 0 aliphatic rings. The van der Waals surface area contributed by atoms with Crippen molar-refractivity contribution in [2.24, 2.45) is 5.10 Å². The van der Waals surface area contributed by atoms with E-state index in [2.05, 4.69) is 31.8 Å². The number of esters is 1. The van der Waals surface area contributed by atoms with Crippen LogP contribution in [0.1, 0.15) is 91.2 Å². The number of hydrogen-bond acceptors (Lipinski definition) is 9. The van der Waals surface area contributed by atoms with Crippen molar-refractivity contribution in [2.75, 3.05) is 26.2 Å². The number of ether oxygens (including phenoxy) is 2. The number of benzene rings is 2. The summed E-state index contributed by atoms with van der Waals surface area (Å²) in [6, 6.07) is 15.2. The molecule has 0 saturated heterocycles. The number of carbonyl (C=O) groups excluding carboxylic acids is 5. The minimum atomic E-state index is -0.860. The zero-order valence-corrected chi connectivity index (χ0v) is 32.9. The van der Waals surface area contributed by atoms with Crippen molar-refractivity contribution in [3.8, 4) is 5.75 Å². The Hall–Kier alpha value is -5.24. The molecule has 0 saturated carbocycles. The molecule has 0 fully saturated rings. The fourth-order valence-corrected chi connectivity index (χ4v) is 6.10. The third kappa shape index (κ3) is 16.2. The van der Waals surface area contributed by atoms with E-state index in [-0.39, 0.29) is 30.7 Å². The first-order valence-corrected chi connectivity index (χ1v) is 19.1. The molecule has 0 aliphatic carbocycles. The number of likely N-dealkylation sites (N-methyl/N-ethyl adjacent to an activating group) is 1. The highest BCUT2D eigenvalue weighted by molar-refractivity contribution is 7.10. The predicted octanol–water partition coefficient (Wildman–Crippen LogP) is 5.31. The first kappa shape index (κ1) is 43.2. The van der Waals surface area contributed by atoms with Gasteiger partial charge in [-0.1, -0.05) is 30.7 Å². The van der Waals surface area contributed by atoms with Gasteiger partial charge in [0.2, 0.25) is 5.91 Å². The van der Waals surface area contributed by atoms with E-state index >= 15 is 0 Å². The van der Waals surface area contributed by atoms with E-state index in [1.54, 1.807) is 32.9 Å². The summed E-state index contributed by atoms with van der Waals surface area (Å²) >= 11 is 1.47. The summed E-state index contributed by atoms with van der Waals surface area (Å²) in [7, 11) is 0. The number of unbranched alkanes of at least 4 members (excludes halogenated alkanes) is 1. The topological polar surface area (TPSA) is 176 Å². The molecule has 0 bridgehead atoms. The maximum absolute atomic E-state index is 13.7. The van der Waals surface area contributed by atoms with E-state index in [1.165, 1.54) is 17.6 Å². The lowest BCUT2D eigenvalue weighted by Gasteiger charge is -2.23. The van der Waals surface area contributed by atoms with Gasteiger partial charge in [-0.15, -0.1) is 11.3 Å². The summed E-state index contributed by atoms with van der Waals surface area (Å²) in [6.45, 7) is 12.3. The van der Waals surface area contributed by atoms with Crippen LogP contribution in [0, 0.1) is 13.8 Å². The summed E-state index contributed by atoms with van der Waals surface area (Å²) in [5, 5.41) is 17.2. The monoisotopic (exact) mass is 762 g/mol. The number of carbonyl (C=O) groups is 5. The molecular formula is C40H54N6O7S. The fourth-order valence-electron chi connectivity index (χ4n) is 5.23. The lowest BCUT2D eigenvalue weighted by atomic mass is 9.98. The molecule has 2 aromatic carbocycles. The van der Waals surface area contributed by atoms with Gasteiger partial charge < -0.3 is 30.7 Å². The number of amides is 5. The van der Waals surface area contributed by atoms with Crippen LogP contribution in [-0.4, -0.2) is 73.8 Å². The summed E-state index contributed by atoms with van der Waals surface area (Å²) in [6.07, 6.45) is 3.52. The molecule has 14 heteroatoms. The van der Waals surface area contributed by atoms with Crippen LogP contribution in [-0.2, 0) is 25.5 Å². The Kier molecular flexibility index (Phi) is 17.7. The van der Waals surface area contributed by atoms with Crippen LogP contribution >= 0.6 is 11.3 Å². The first-order valence-electron chi connectivity index (χ1n) is 18.2. The number of thiophene rings is 1. The van der Waals surface area contributed by atoms with Crippen LogP contribution in [0.2, 0.25) is 0 Å². The number of rotatable bonds is 20. The van der Waals surface area contributed by atoms with Crippen molar-refractivity contribution < 1.29 is 33.4 Å². The quantitative estimate of drug-likeness (QED) is 0.0449. The molecule has 0 spiro atoms. The summed E-state index contributed by atoms with van der Waals surface area (Å²) in [4.78, 5) is 64.1. The van der Waals surface area contributed by atoms with E-state index < -0.39 is 29.6 Å². The van der Waals surface area contributed by atoms with E-state index in [0.29, 0.717) is 56.6 Å². The van der Waals surface area contributed by atoms with Gasteiger partial charge in [0.1, 0.15) is 11.4 Å². The summed E-state index contributed by atoms with van der Waals surface area (Å²) < 4.78 is 11.0. The molecule has 13 nitrogen and oxygen atoms in total. The first-order chi connectivity index (χ1) is 25.7. The van der Waals surface area contributed by atoms with Gasteiger partial charge in [0, 0.05) is 36.3 Å². The third-order valence-corrected chi connectivity index (χ3v) is 9.08. The average Bonchev–Trinajstić information content (AvgIpc) is 3.64. The Morgan fingerprint density at radius 3 is 2.33 bits per heavy atom. The number of aryl methyl sites for hydroxylation is 2. The van der Waals surface area contributed by atoms with Crippen molar-refractivity contribution in [3.63, 3.8) is 0 Å². The molecule has 5 amide bonds. The molecule has 292 valence electrons. The molecule has 1 aromatic heterocycles. The average molecular weight is 763 g/mol. The maximum atomic E-state index is 13.7. The fraction of sp³-hybridized carbons (Fsp3) is 0.450. The predicted molar refractivity (Wildman–Crippen MR) is 211 cm³/mol. The van der Waals surface area contributed by atoms with E-state index in [9.17, 15) is 24.0 Å². The van der Waals surface area contributed by atoms with Gasteiger partial charge in [-0.2, -0.15) is 5.10 Å². The molecular weight excluding hydrogens is 709 g/mol. The Balaban J connectivity index is 1.53. The van der Waals surface area contributed by atoms with E-state index in [0.717, 1.165) is 21.6 Å². The largest absolute Gasteiger partial charge is 0.484 e. The summed E-state index contributed by atoms with van der Waals surface area (Å²) in [5.41, 5.74) is 5.41. The molecule has 1 unspecified atom stereocenters. The van der Waals surface area contributed by atoms with Gasteiger partial charge in [0.15, 0.2) is 6.61 Å². The highest BCUT2D eigenvalue weighted by atomic mass is 32.1. The number of nitrogens with one attached hydrogen (secondary N) is 5. The van der Waals surface area contributed by atoms with Crippen molar-refractivity contribution >= 4 is 47.3 Å². The van der Waals surface area contributed by atoms with Gasteiger partial charge in [-0.05, 0) is 113 Å². The van der Waals surface area contributed by atoms with Crippen molar-refractivity contribution in [1.29, 1.82) is 0 Å². The second-order valence-electron chi connectivity index (χ2n) is 13.8. The van der Waals surface area contributed by atoms with Crippen molar-refractivity contribution in [3.05, 3.63) is 87.1 Å². The lowest BCUT2D eigenvalue weighted by Crippen LogP contribution is -2.42. The third-order valence-electron chi connectivity index (χ3n) is 8.10. The zero-order chi connectivity index (χ0) is 39.5. The Bertz CT molecular complexity index is 1700. The van der Waals surface area contributed by atoms with Crippen molar-refractivity contribution in [1.82, 2.24) is 26.7 Å². The molecule has 2 atom stereocenters. The van der Waals surface area contributed by atoms with E-state index in [4.69, 9.17) is 9.47 Å². The second-order valence-corrected chi connectivity index (χ2v) is 14.8. The Morgan fingerprint density at radius 1 is 0.907 bits per heavy atom. The number of hydrogen-bond donors (Lipinski definition) is 5. The van der Waals surface area contributed by atoms with Crippen LogP contribution in [0.15, 0.2) is 65.1 Å². The second kappa shape index (κ2) is 22.1. The van der Waals surface area contributed by atoms with Crippen LogP contribution in [0.25, 0.3) is 0 Å². The SMILES string of the molecule is CCNC(=O)COc1ccc(CCNC(=O)N/N=C/[C@H](CC(=O)OC(C)(C)C)NC(=O)C(CCCCNC(=O)c2ccc(C)c(C)c2)c2cccs2)cc1. The number of hydrazone groups is 1. The Morgan fingerprint density at radius 2 is 1.67 bits per heavy atom. The van der Waals surface area contributed by atoms with Gasteiger partial charge in [0.05, 0.1) is 18.4 Å². The smallest absolute Gasteiger partial charge is 0.335 e. The van der Waals surface area contributed by atoms with Crippen LogP contribution in [0.3, 0.4) is 0 Å². The normalized spacial score (nSPS) is 12.3. The van der Waals surface area contributed by atoms with Crippen LogP contribution in [0.4, 0.5) is 4.79 Å². The molecule has 3 aromatic rings. The van der Waals surface area contributed by atoms with Gasteiger partial charge in [-0.3, -0.25) is 19.2 Å². The highest BCUT2D eigenvalue weighted by Crippen LogP contribution is 2.27. The van der Waals surface area contributed by atoms with Crippen molar-refractivity contribution in [2.45, 2.75) is 91.2 Å². The van der Waals surface area contributed by atoms with Gasteiger partial charge in [-0.25, -0.2) is 10.2 Å². The summed E-state index contributed by atoms with van der Waals surface area (Å²) in [5.74, 6) is -1.08. The van der Waals surface area contributed by atoms with Gasteiger partial charge >= 0.3 is 12.0 Å². The molecule has 5 N–H and O–H groups in total. The lowest BCUT2D eigenvalue weighted by molar-refractivity contribution is -0.155. The number of nitrogens with zero attached hydrogens (tertiary/aromatic N) is 1. The molecule has 1 heterocycles. The van der Waals surface area contributed by atoms with Crippen LogP contribution < -0.4 is 31.4 Å².